The van der Waals surface area contributed by atoms with Gasteiger partial charge in [-0.1, -0.05) is 13.8 Å². The minimum atomic E-state index is -0.309. The summed E-state index contributed by atoms with van der Waals surface area (Å²) in [5, 5.41) is 0. The van der Waals surface area contributed by atoms with Gasteiger partial charge in [0.15, 0.2) is 6.61 Å². The van der Waals surface area contributed by atoms with Gasteiger partial charge in [0.2, 0.25) is 0 Å². The van der Waals surface area contributed by atoms with Crippen molar-refractivity contribution < 1.29 is 23.8 Å². The van der Waals surface area contributed by atoms with Crippen LogP contribution in [0.1, 0.15) is 20.8 Å². The van der Waals surface area contributed by atoms with Gasteiger partial charge >= 0.3 is 6.09 Å². The van der Waals surface area contributed by atoms with Crippen molar-refractivity contribution in [2.75, 3.05) is 46.0 Å². The highest BCUT2D eigenvalue weighted by Crippen LogP contribution is 2.17. The van der Waals surface area contributed by atoms with E-state index >= 15 is 0 Å². The molecule has 1 heterocycles. The molecule has 26 heavy (non-hydrogen) atoms. The minimum Gasteiger partial charge on any atom is -0.494 e. The molecule has 7 heteroatoms. The molecule has 1 fully saturated rings. The third-order valence-electron chi connectivity index (χ3n) is 3.93. The van der Waals surface area contributed by atoms with Crippen LogP contribution in [0.2, 0.25) is 0 Å². The van der Waals surface area contributed by atoms with Crippen molar-refractivity contribution in [1.29, 1.82) is 0 Å². The smallest absolute Gasteiger partial charge is 0.409 e. The van der Waals surface area contributed by atoms with Crippen LogP contribution in [-0.4, -0.2) is 67.8 Å². The van der Waals surface area contributed by atoms with Crippen LogP contribution in [0.3, 0.4) is 0 Å². The van der Waals surface area contributed by atoms with E-state index in [1.165, 1.54) is 0 Å². The van der Waals surface area contributed by atoms with Crippen molar-refractivity contribution in [2.24, 2.45) is 5.92 Å². The number of carbonyl (C=O) groups excluding carboxylic acids is 2. The summed E-state index contributed by atoms with van der Waals surface area (Å²) in [6.45, 7) is 8.84. The van der Waals surface area contributed by atoms with Crippen LogP contribution in [0, 0.1) is 5.92 Å². The summed E-state index contributed by atoms with van der Waals surface area (Å²) in [7, 11) is 0. The van der Waals surface area contributed by atoms with Gasteiger partial charge < -0.3 is 24.0 Å². The monoisotopic (exact) mass is 364 g/mol. The van der Waals surface area contributed by atoms with E-state index in [1.54, 1.807) is 21.9 Å². The first kappa shape index (κ1) is 19.9. The van der Waals surface area contributed by atoms with Gasteiger partial charge in [0.05, 0.1) is 13.2 Å². The lowest BCUT2D eigenvalue weighted by Crippen LogP contribution is -2.51. The molecule has 2 rings (SSSR count). The second-order valence-corrected chi connectivity index (χ2v) is 6.53. The summed E-state index contributed by atoms with van der Waals surface area (Å²) in [5.41, 5.74) is 0. The fraction of sp³-hybridized carbons (Fsp3) is 0.579. The van der Waals surface area contributed by atoms with Crippen molar-refractivity contribution in [3.8, 4) is 11.5 Å². The molecule has 144 valence electrons. The molecule has 0 N–H and O–H groups in total. The molecule has 7 nitrogen and oxygen atoms in total. The van der Waals surface area contributed by atoms with E-state index in [4.69, 9.17) is 14.2 Å². The Labute approximate surface area is 154 Å². The van der Waals surface area contributed by atoms with Gasteiger partial charge in [0.25, 0.3) is 5.91 Å². The van der Waals surface area contributed by atoms with E-state index < -0.39 is 0 Å². The Morgan fingerprint density at radius 1 is 0.962 bits per heavy atom. The van der Waals surface area contributed by atoms with Crippen LogP contribution in [0.4, 0.5) is 4.79 Å². The number of carbonyl (C=O) groups is 2. The predicted molar refractivity (Wildman–Crippen MR) is 97.4 cm³/mol. The molecule has 0 saturated carbocycles. The SMILES string of the molecule is CCOc1ccc(OCC(=O)N2CCN(C(=O)OCC(C)C)CC2)cc1. The third kappa shape index (κ3) is 6.13. The van der Waals surface area contributed by atoms with Crippen LogP contribution >= 0.6 is 0 Å². The Kier molecular flexibility index (Phi) is 7.56. The van der Waals surface area contributed by atoms with Crippen LogP contribution in [0.25, 0.3) is 0 Å². The molecule has 1 saturated heterocycles. The first-order valence-electron chi connectivity index (χ1n) is 9.04. The van der Waals surface area contributed by atoms with Crippen LogP contribution in [0.15, 0.2) is 24.3 Å². The molecule has 0 unspecified atom stereocenters. The molecule has 0 spiro atoms. The van der Waals surface area contributed by atoms with Gasteiger partial charge in [0, 0.05) is 26.2 Å². The standard InChI is InChI=1S/C19H28N2O5/c1-4-24-16-5-7-17(8-6-16)25-14-18(22)20-9-11-21(12-10-20)19(23)26-13-15(2)3/h5-8,15H,4,9-14H2,1-3H3. The van der Waals surface area contributed by atoms with Crippen LogP contribution in [-0.2, 0) is 9.53 Å². The summed E-state index contributed by atoms with van der Waals surface area (Å²) in [6.07, 6.45) is -0.309. The molecule has 1 aliphatic rings. The second kappa shape index (κ2) is 9.89. The van der Waals surface area contributed by atoms with Crippen molar-refractivity contribution in [3.05, 3.63) is 24.3 Å². The highest BCUT2D eigenvalue weighted by Gasteiger charge is 2.25. The van der Waals surface area contributed by atoms with Gasteiger partial charge in [-0.25, -0.2) is 4.79 Å². The highest BCUT2D eigenvalue weighted by atomic mass is 16.6. The van der Waals surface area contributed by atoms with Crippen LogP contribution in [0.5, 0.6) is 11.5 Å². The zero-order valence-corrected chi connectivity index (χ0v) is 15.8. The molecule has 1 aliphatic heterocycles. The Bertz CT molecular complexity index is 580. The zero-order valence-electron chi connectivity index (χ0n) is 15.8. The fourth-order valence-electron chi connectivity index (χ4n) is 2.50. The maximum atomic E-state index is 12.3. The van der Waals surface area contributed by atoms with Crippen molar-refractivity contribution in [1.82, 2.24) is 9.80 Å². The Hall–Kier alpha value is -2.44. The molecular weight excluding hydrogens is 336 g/mol. The number of ether oxygens (including phenoxy) is 3. The summed E-state index contributed by atoms with van der Waals surface area (Å²) in [4.78, 5) is 27.6. The highest BCUT2D eigenvalue weighted by molar-refractivity contribution is 5.78. The Morgan fingerprint density at radius 2 is 1.50 bits per heavy atom. The van der Waals surface area contributed by atoms with Gasteiger partial charge in [-0.2, -0.15) is 0 Å². The minimum absolute atomic E-state index is 0.0220. The lowest BCUT2D eigenvalue weighted by Gasteiger charge is -2.34. The summed E-state index contributed by atoms with van der Waals surface area (Å²) in [6, 6.07) is 7.18. The topological polar surface area (TPSA) is 68.3 Å². The quantitative estimate of drug-likeness (QED) is 0.743. The number of hydrogen-bond acceptors (Lipinski definition) is 5. The average Bonchev–Trinajstić information content (AvgIpc) is 2.65. The Balaban J connectivity index is 1.71. The van der Waals surface area contributed by atoms with E-state index in [2.05, 4.69) is 0 Å². The first-order valence-corrected chi connectivity index (χ1v) is 9.04. The molecule has 0 aliphatic carbocycles. The average molecular weight is 364 g/mol. The molecule has 0 radical (unpaired) electrons. The summed E-state index contributed by atoms with van der Waals surface area (Å²) < 4.78 is 16.1. The van der Waals surface area contributed by atoms with E-state index in [-0.39, 0.29) is 18.6 Å². The number of piperazine rings is 1. The van der Waals surface area contributed by atoms with Gasteiger partial charge in [-0.15, -0.1) is 0 Å². The van der Waals surface area contributed by atoms with E-state index in [9.17, 15) is 9.59 Å². The molecule has 0 aromatic heterocycles. The van der Waals surface area contributed by atoms with E-state index in [0.29, 0.717) is 51.1 Å². The maximum absolute atomic E-state index is 12.3. The van der Waals surface area contributed by atoms with Gasteiger partial charge in [-0.05, 0) is 37.1 Å². The predicted octanol–water partition coefficient (Wildman–Crippen LogP) is 2.40. The number of rotatable bonds is 7. The maximum Gasteiger partial charge on any atom is 0.409 e. The van der Waals surface area contributed by atoms with Crippen molar-refractivity contribution in [2.45, 2.75) is 20.8 Å². The normalized spacial score (nSPS) is 14.3. The first-order chi connectivity index (χ1) is 12.5. The summed E-state index contributed by atoms with van der Waals surface area (Å²) in [5.74, 6) is 1.61. The van der Waals surface area contributed by atoms with Gasteiger partial charge in [-0.3, -0.25) is 4.79 Å². The molecule has 0 atom stereocenters. The second-order valence-electron chi connectivity index (χ2n) is 6.53. The molecular formula is C19H28N2O5. The molecule has 1 aromatic rings. The zero-order chi connectivity index (χ0) is 18.9. The lowest BCUT2D eigenvalue weighted by atomic mass is 10.2. The number of amides is 2. The largest absolute Gasteiger partial charge is 0.494 e. The Morgan fingerprint density at radius 3 is 2.04 bits per heavy atom. The van der Waals surface area contributed by atoms with Crippen LogP contribution < -0.4 is 9.47 Å². The number of benzene rings is 1. The molecule has 0 bridgehead atoms. The van der Waals surface area contributed by atoms with E-state index in [0.717, 1.165) is 5.75 Å². The number of nitrogens with zero attached hydrogens (tertiary/aromatic N) is 2. The van der Waals surface area contributed by atoms with Gasteiger partial charge in [0.1, 0.15) is 11.5 Å². The molecule has 1 aromatic carbocycles. The summed E-state index contributed by atoms with van der Waals surface area (Å²) >= 11 is 0. The van der Waals surface area contributed by atoms with Crippen molar-refractivity contribution in [3.63, 3.8) is 0 Å². The fourth-order valence-corrected chi connectivity index (χ4v) is 2.50. The number of hydrogen-bond donors (Lipinski definition) is 0. The van der Waals surface area contributed by atoms with Crippen molar-refractivity contribution >= 4 is 12.0 Å². The van der Waals surface area contributed by atoms with E-state index in [1.807, 2.05) is 32.9 Å². The lowest BCUT2D eigenvalue weighted by molar-refractivity contribution is -0.135. The third-order valence-corrected chi connectivity index (χ3v) is 3.93. The molecule has 2 amide bonds.